The summed E-state index contributed by atoms with van der Waals surface area (Å²) in [6.45, 7) is 3.53. The first-order valence-corrected chi connectivity index (χ1v) is 11.0. The van der Waals surface area contributed by atoms with Crippen LogP contribution in [0, 0.1) is 0 Å². The zero-order valence-electron chi connectivity index (χ0n) is 18.2. The van der Waals surface area contributed by atoms with Crippen molar-refractivity contribution in [3.63, 3.8) is 0 Å². The Hall–Kier alpha value is -3.10. The molecule has 8 nitrogen and oxygen atoms in total. The molecule has 3 aromatic rings. The number of nitrogens with zero attached hydrogens (tertiary/aromatic N) is 3. The maximum absolute atomic E-state index is 13.0. The normalized spacial score (nSPS) is 20.1. The van der Waals surface area contributed by atoms with Crippen LogP contribution in [0.15, 0.2) is 59.7 Å². The summed E-state index contributed by atoms with van der Waals surface area (Å²) in [6, 6.07) is 9.68. The summed E-state index contributed by atoms with van der Waals surface area (Å²) in [5, 5.41) is 3.03. The van der Waals surface area contributed by atoms with Gasteiger partial charge in [0.15, 0.2) is 6.10 Å². The minimum Gasteiger partial charge on any atom is -0.497 e. The number of methoxy groups -OCH3 is 1. The van der Waals surface area contributed by atoms with Crippen molar-refractivity contribution in [3.8, 4) is 5.75 Å². The standard InChI is InChI=1S/C24H28N4O4/c1-30-20-4-2-18(3-5-20)14-26-22(29)21-16-28-12-9-25-23(28)24(32-21)7-10-27(11-8-24)15-19-6-13-31-17-19/h2-6,9,12-13,17,21H,7-8,10-11,14-16H2,1H3,(H,26,29)/t21-/m1/s1. The highest BCUT2D eigenvalue weighted by Crippen LogP contribution is 2.40. The number of imidazole rings is 1. The first kappa shape index (κ1) is 20.8. The fraction of sp³-hybridized carbons (Fsp3) is 0.417. The number of aromatic nitrogens is 2. The Kier molecular flexibility index (Phi) is 5.71. The number of furan rings is 1. The minimum atomic E-state index is -0.546. The van der Waals surface area contributed by atoms with Gasteiger partial charge in [-0.3, -0.25) is 9.69 Å². The van der Waals surface area contributed by atoms with Crippen LogP contribution in [0.5, 0.6) is 5.75 Å². The molecule has 0 bridgehead atoms. The fourth-order valence-corrected chi connectivity index (χ4v) is 4.63. The molecule has 0 aliphatic carbocycles. The lowest BCUT2D eigenvalue weighted by Crippen LogP contribution is -2.53. The van der Waals surface area contributed by atoms with E-state index in [1.165, 1.54) is 5.56 Å². The number of carbonyl (C=O) groups is 1. The van der Waals surface area contributed by atoms with Crippen LogP contribution in [-0.2, 0) is 34.8 Å². The molecule has 1 atom stereocenters. The van der Waals surface area contributed by atoms with E-state index in [1.807, 2.05) is 36.5 Å². The van der Waals surface area contributed by atoms with Crippen molar-refractivity contribution in [1.82, 2.24) is 19.8 Å². The Bertz CT molecular complexity index is 1040. The number of likely N-dealkylation sites (tertiary alicyclic amines) is 1. The quantitative estimate of drug-likeness (QED) is 0.640. The van der Waals surface area contributed by atoms with Crippen LogP contribution in [0.4, 0.5) is 0 Å². The minimum absolute atomic E-state index is 0.0969. The first-order valence-electron chi connectivity index (χ1n) is 11.0. The lowest BCUT2D eigenvalue weighted by Gasteiger charge is -2.45. The monoisotopic (exact) mass is 436 g/mol. The molecule has 2 aromatic heterocycles. The number of hydrogen-bond donors (Lipinski definition) is 1. The number of amides is 1. The van der Waals surface area contributed by atoms with Gasteiger partial charge < -0.3 is 23.8 Å². The second-order valence-electron chi connectivity index (χ2n) is 8.48. The van der Waals surface area contributed by atoms with E-state index in [-0.39, 0.29) is 5.91 Å². The van der Waals surface area contributed by atoms with Crippen molar-refractivity contribution in [3.05, 3.63) is 72.2 Å². The lowest BCUT2D eigenvalue weighted by molar-refractivity contribution is -0.174. The summed E-state index contributed by atoms with van der Waals surface area (Å²) >= 11 is 0. The smallest absolute Gasteiger partial charge is 0.251 e. The molecular weight excluding hydrogens is 408 g/mol. The van der Waals surface area contributed by atoms with Gasteiger partial charge in [-0.15, -0.1) is 0 Å². The average Bonchev–Trinajstić information content (AvgIpc) is 3.52. The van der Waals surface area contributed by atoms with Crippen LogP contribution >= 0.6 is 0 Å². The molecule has 1 saturated heterocycles. The Morgan fingerprint density at radius 1 is 1.22 bits per heavy atom. The van der Waals surface area contributed by atoms with Gasteiger partial charge in [-0.2, -0.15) is 0 Å². The van der Waals surface area contributed by atoms with Crippen molar-refractivity contribution in [2.24, 2.45) is 0 Å². The van der Waals surface area contributed by atoms with Gasteiger partial charge in [-0.1, -0.05) is 12.1 Å². The molecule has 1 N–H and O–H groups in total. The third-order valence-corrected chi connectivity index (χ3v) is 6.42. The van der Waals surface area contributed by atoms with Crippen molar-refractivity contribution < 1.29 is 18.7 Å². The fourth-order valence-electron chi connectivity index (χ4n) is 4.63. The Morgan fingerprint density at radius 2 is 2.03 bits per heavy atom. The van der Waals surface area contributed by atoms with Crippen LogP contribution in [-0.4, -0.2) is 46.7 Å². The molecular formula is C24H28N4O4. The maximum atomic E-state index is 13.0. The van der Waals surface area contributed by atoms with Crippen LogP contribution in [0.2, 0.25) is 0 Å². The van der Waals surface area contributed by atoms with Gasteiger partial charge in [0.1, 0.15) is 17.2 Å². The number of fused-ring (bicyclic) bond motifs is 2. The molecule has 8 heteroatoms. The van der Waals surface area contributed by atoms with Gasteiger partial charge in [0.25, 0.3) is 5.91 Å². The molecule has 1 amide bonds. The molecule has 4 heterocycles. The van der Waals surface area contributed by atoms with Crippen molar-refractivity contribution in [2.75, 3.05) is 20.2 Å². The largest absolute Gasteiger partial charge is 0.497 e. The Labute approximate surface area is 187 Å². The highest BCUT2D eigenvalue weighted by Gasteiger charge is 2.47. The highest BCUT2D eigenvalue weighted by molar-refractivity contribution is 5.81. The number of piperidine rings is 1. The average molecular weight is 437 g/mol. The number of ether oxygens (including phenoxy) is 2. The second-order valence-corrected chi connectivity index (χ2v) is 8.48. The van der Waals surface area contributed by atoms with Gasteiger partial charge in [0.2, 0.25) is 0 Å². The van der Waals surface area contributed by atoms with Gasteiger partial charge in [-0.05, 0) is 36.6 Å². The molecule has 2 aliphatic rings. The first-order chi connectivity index (χ1) is 15.6. The molecule has 2 aliphatic heterocycles. The third-order valence-electron chi connectivity index (χ3n) is 6.42. The van der Waals surface area contributed by atoms with E-state index in [2.05, 4.69) is 19.8 Å². The van der Waals surface area contributed by atoms with E-state index in [4.69, 9.17) is 13.9 Å². The summed E-state index contributed by atoms with van der Waals surface area (Å²) in [5.74, 6) is 1.63. The predicted molar refractivity (Wildman–Crippen MR) is 117 cm³/mol. The van der Waals surface area contributed by atoms with Crippen molar-refractivity contribution in [1.29, 1.82) is 0 Å². The van der Waals surface area contributed by atoms with Crippen LogP contribution in [0.25, 0.3) is 0 Å². The zero-order chi connectivity index (χ0) is 22.0. The van der Waals surface area contributed by atoms with Gasteiger partial charge in [0.05, 0.1) is 26.2 Å². The topological polar surface area (TPSA) is 81.8 Å². The Balaban J connectivity index is 1.24. The van der Waals surface area contributed by atoms with E-state index in [0.29, 0.717) is 13.1 Å². The third kappa shape index (κ3) is 4.16. The summed E-state index contributed by atoms with van der Waals surface area (Å²) in [7, 11) is 1.64. The molecule has 0 unspecified atom stereocenters. The van der Waals surface area contributed by atoms with Gasteiger partial charge in [0, 0.05) is 44.1 Å². The van der Waals surface area contributed by atoms with Crippen LogP contribution < -0.4 is 10.1 Å². The molecule has 1 fully saturated rings. The van der Waals surface area contributed by atoms with E-state index >= 15 is 0 Å². The zero-order valence-corrected chi connectivity index (χ0v) is 18.2. The molecule has 32 heavy (non-hydrogen) atoms. The predicted octanol–water partition coefficient (Wildman–Crippen LogP) is 2.69. The van der Waals surface area contributed by atoms with Gasteiger partial charge in [-0.25, -0.2) is 4.98 Å². The van der Waals surface area contributed by atoms with Crippen molar-refractivity contribution in [2.45, 2.75) is 44.2 Å². The summed E-state index contributed by atoms with van der Waals surface area (Å²) in [5.41, 5.74) is 1.65. The molecule has 0 radical (unpaired) electrons. The van der Waals surface area contributed by atoms with Crippen molar-refractivity contribution >= 4 is 5.91 Å². The summed E-state index contributed by atoms with van der Waals surface area (Å²) in [4.78, 5) is 20.0. The number of nitrogens with one attached hydrogen (secondary N) is 1. The number of carbonyl (C=O) groups excluding carboxylic acids is 1. The number of rotatable bonds is 6. The number of hydrogen-bond acceptors (Lipinski definition) is 6. The second kappa shape index (κ2) is 8.80. The van der Waals surface area contributed by atoms with E-state index in [9.17, 15) is 4.79 Å². The molecule has 5 rings (SSSR count). The van der Waals surface area contributed by atoms with E-state index in [0.717, 1.165) is 49.6 Å². The Morgan fingerprint density at radius 3 is 2.75 bits per heavy atom. The SMILES string of the molecule is COc1ccc(CNC(=O)[C@H]2Cn3ccnc3C3(CCN(Cc4ccoc4)CC3)O2)cc1. The maximum Gasteiger partial charge on any atom is 0.251 e. The summed E-state index contributed by atoms with van der Waals surface area (Å²) in [6.07, 6.45) is 8.29. The molecule has 1 spiro atoms. The summed E-state index contributed by atoms with van der Waals surface area (Å²) < 4.78 is 19.0. The van der Waals surface area contributed by atoms with Gasteiger partial charge >= 0.3 is 0 Å². The number of benzene rings is 1. The van der Waals surface area contributed by atoms with E-state index in [1.54, 1.807) is 25.8 Å². The molecule has 168 valence electrons. The van der Waals surface area contributed by atoms with E-state index < -0.39 is 11.7 Å². The molecule has 0 saturated carbocycles. The van der Waals surface area contributed by atoms with Crippen LogP contribution in [0.3, 0.4) is 0 Å². The lowest BCUT2D eigenvalue weighted by atomic mass is 9.88. The van der Waals surface area contributed by atoms with Crippen LogP contribution in [0.1, 0.15) is 29.8 Å². The highest BCUT2D eigenvalue weighted by atomic mass is 16.5. The molecule has 1 aromatic carbocycles.